The number of carboxylic acids is 1. The molecule has 80 valence electrons. The summed E-state index contributed by atoms with van der Waals surface area (Å²) in [6, 6.07) is 6.91. The predicted molar refractivity (Wildman–Crippen MR) is 64.8 cm³/mol. The Morgan fingerprint density at radius 2 is 2.12 bits per heavy atom. The normalized spacial score (nSPS) is 12.1. The van der Waals surface area contributed by atoms with Crippen LogP contribution in [-0.4, -0.2) is 41.0 Å². The number of aromatic amines is 1. The summed E-state index contributed by atoms with van der Waals surface area (Å²) in [6.07, 6.45) is 2.16. The summed E-state index contributed by atoms with van der Waals surface area (Å²) < 4.78 is 0. The van der Waals surface area contributed by atoms with E-state index >= 15 is 0 Å². The van der Waals surface area contributed by atoms with Crippen molar-refractivity contribution in [2.45, 2.75) is 12.5 Å². The fraction of sp³-hybridized carbons (Fsp3) is 0.182. The van der Waals surface area contributed by atoms with Gasteiger partial charge in [0.1, 0.15) is 6.04 Å². The summed E-state index contributed by atoms with van der Waals surface area (Å²) in [5.74, 6) is -0.972. The van der Waals surface area contributed by atoms with E-state index in [-0.39, 0.29) is 18.9 Å². The number of hydrogen-bond acceptors (Lipinski definition) is 2. The van der Waals surface area contributed by atoms with Crippen LogP contribution >= 0.6 is 0 Å². The van der Waals surface area contributed by atoms with Crippen molar-refractivity contribution < 1.29 is 9.90 Å². The fourth-order valence-electron chi connectivity index (χ4n) is 1.62. The van der Waals surface area contributed by atoms with Crippen molar-refractivity contribution in [3.05, 3.63) is 36.0 Å². The molecule has 0 spiro atoms. The van der Waals surface area contributed by atoms with Gasteiger partial charge in [0.2, 0.25) is 0 Å². The molecule has 1 aromatic heterocycles. The van der Waals surface area contributed by atoms with Gasteiger partial charge in [-0.3, -0.25) is 4.79 Å². The summed E-state index contributed by atoms with van der Waals surface area (Å²) in [5.41, 5.74) is 7.43. The van der Waals surface area contributed by atoms with E-state index in [4.69, 9.17) is 10.8 Å². The number of para-hydroxylation sites is 1. The molecule has 2 rings (SSSR count). The Kier molecular flexibility index (Phi) is 4.19. The Hall–Kier alpha value is -1.21. The summed E-state index contributed by atoms with van der Waals surface area (Å²) >= 11 is 0. The molecule has 1 atom stereocenters. The first-order valence-corrected chi connectivity index (χ1v) is 4.72. The molecule has 5 heteroatoms. The molecule has 0 aliphatic rings. The first-order valence-electron chi connectivity index (χ1n) is 4.72. The standard InChI is InChI=1S/C11H12N2O2.Li.H/c12-9(11(14)15)5-7-6-13-10-4-2-1-3-8(7)10;;/h1-4,6,9,13H,5,12H2,(H,14,15);;. The average Bonchev–Trinajstić information content (AvgIpc) is 2.62. The number of aromatic nitrogens is 1. The number of carbonyl (C=O) groups is 1. The molecule has 0 saturated carbocycles. The first kappa shape index (κ1) is 12.9. The second-order valence-corrected chi connectivity index (χ2v) is 3.51. The molecule has 4 nitrogen and oxygen atoms in total. The van der Waals surface area contributed by atoms with Crippen LogP contribution < -0.4 is 5.73 Å². The monoisotopic (exact) mass is 212 g/mol. The number of benzene rings is 1. The number of nitrogens with two attached hydrogens (primary N) is 1. The molecule has 0 saturated heterocycles. The minimum absolute atomic E-state index is 0. The molecule has 0 radical (unpaired) electrons. The van der Waals surface area contributed by atoms with Gasteiger partial charge in [0.25, 0.3) is 0 Å². The summed E-state index contributed by atoms with van der Waals surface area (Å²) in [4.78, 5) is 13.7. The number of nitrogens with one attached hydrogen (secondary N) is 1. The molecule has 16 heavy (non-hydrogen) atoms. The zero-order valence-electron chi connectivity index (χ0n) is 8.10. The average molecular weight is 212 g/mol. The van der Waals surface area contributed by atoms with Crippen LogP contribution in [0.4, 0.5) is 0 Å². The van der Waals surface area contributed by atoms with Crippen molar-refractivity contribution >= 4 is 35.7 Å². The van der Waals surface area contributed by atoms with Gasteiger partial charge in [-0.15, -0.1) is 0 Å². The number of fused-ring (bicyclic) bond motifs is 1. The van der Waals surface area contributed by atoms with Crippen molar-refractivity contribution in [1.82, 2.24) is 4.98 Å². The SMILES string of the molecule is NC(Cc1c[nH]c2ccccc12)C(=O)O.[LiH]. The van der Waals surface area contributed by atoms with E-state index in [0.29, 0.717) is 6.42 Å². The summed E-state index contributed by atoms with van der Waals surface area (Å²) in [5, 5.41) is 9.75. The Morgan fingerprint density at radius 1 is 1.44 bits per heavy atom. The van der Waals surface area contributed by atoms with Gasteiger partial charge in [-0.1, -0.05) is 18.2 Å². The molecule has 2 aromatic rings. The van der Waals surface area contributed by atoms with Gasteiger partial charge in [0.15, 0.2) is 0 Å². The second kappa shape index (κ2) is 5.22. The molecule has 0 aliphatic heterocycles. The van der Waals surface area contributed by atoms with E-state index in [0.717, 1.165) is 16.5 Å². The molecule has 0 amide bonds. The fourth-order valence-corrected chi connectivity index (χ4v) is 1.62. The van der Waals surface area contributed by atoms with Crippen LogP contribution in [0.1, 0.15) is 5.56 Å². The van der Waals surface area contributed by atoms with Crippen molar-refractivity contribution in [3.8, 4) is 0 Å². The van der Waals surface area contributed by atoms with Gasteiger partial charge < -0.3 is 15.8 Å². The number of rotatable bonds is 3. The van der Waals surface area contributed by atoms with Crippen molar-refractivity contribution in [3.63, 3.8) is 0 Å². The van der Waals surface area contributed by atoms with Gasteiger partial charge in [-0.25, -0.2) is 0 Å². The molecule has 1 unspecified atom stereocenters. The molecule has 0 aliphatic carbocycles. The predicted octanol–water partition coefficient (Wildman–Crippen LogP) is 0.474. The zero-order valence-corrected chi connectivity index (χ0v) is 8.10. The quantitative estimate of drug-likeness (QED) is 0.647. The molecule has 4 N–H and O–H groups in total. The summed E-state index contributed by atoms with van der Waals surface area (Å²) in [7, 11) is 0. The van der Waals surface area contributed by atoms with Gasteiger partial charge in [-0.05, 0) is 11.6 Å². The Morgan fingerprint density at radius 3 is 2.81 bits per heavy atom. The van der Waals surface area contributed by atoms with Crippen molar-refractivity contribution in [1.29, 1.82) is 0 Å². The molecule has 1 heterocycles. The number of H-pyrrole nitrogens is 1. The second-order valence-electron chi connectivity index (χ2n) is 3.51. The minimum atomic E-state index is -0.972. The van der Waals surface area contributed by atoms with Gasteiger partial charge in [-0.2, -0.15) is 0 Å². The van der Waals surface area contributed by atoms with E-state index in [1.807, 2.05) is 30.5 Å². The third kappa shape index (κ3) is 2.48. The molecular formula is C11H13LiN2O2. The van der Waals surface area contributed by atoms with E-state index in [1.165, 1.54) is 0 Å². The van der Waals surface area contributed by atoms with E-state index in [1.54, 1.807) is 0 Å². The maximum atomic E-state index is 10.6. The van der Waals surface area contributed by atoms with Crippen LogP contribution in [0, 0.1) is 0 Å². The Labute approximate surface area is 105 Å². The van der Waals surface area contributed by atoms with E-state index in [2.05, 4.69) is 4.98 Å². The zero-order chi connectivity index (χ0) is 10.8. The molecule has 0 fully saturated rings. The number of aliphatic carboxylic acids is 1. The molecule has 1 aromatic carbocycles. The molecule has 0 bridgehead atoms. The van der Waals surface area contributed by atoms with Gasteiger partial charge in [0.05, 0.1) is 0 Å². The Bertz CT molecular complexity index is 495. The third-order valence-electron chi connectivity index (χ3n) is 2.43. The van der Waals surface area contributed by atoms with E-state index in [9.17, 15) is 4.79 Å². The number of hydrogen-bond donors (Lipinski definition) is 3. The first-order chi connectivity index (χ1) is 7.18. The van der Waals surface area contributed by atoms with Crippen LogP contribution in [0.5, 0.6) is 0 Å². The van der Waals surface area contributed by atoms with Gasteiger partial charge >= 0.3 is 24.8 Å². The van der Waals surface area contributed by atoms with Crippen LogP contribution in [0.3, 0.4) is 0 Å². The molecular weight excluding hydrogens is 199 g/mol. The maximum absolute atomic E-state index is 10.6. The number of carboxylic acid groups (broad SMARTS) is 1. The van der Waals surface area contributed by atoms with Crippen LogP contribution in [-0.2, 0) is 11.2 Å². The van der Waals surface area contributed by atoms with Crippen molar-refractivity contribution in [2.75, 3.05) is 0 Å². The van der Waals surface area contributed by atoms with Gasteiger partial charge in [0, 0.05) is 23.5 Å². The van der Waals surface area contributed by atoms with E-state index < -0.39 is 12.0 Å². The van der Waals surface area contributed by atoms with Crippen LogP contribution in [0.2, 0.25) is 0 Å². The van der Waals surface area contributed by atoms with Crippen LogP contribution in [0.15, 0.2) is 30.5 Å². The van der Waals surface area contributed by atoms with Crippen LogP contribution in [0.25, 0.3) is 10.9 Å². The summed E-state index contributed by atoms with van der Waals surface area (Å²) in [6.45, 7) is 0. The van der Waals surface area contributed by atoms with Crippen molar-refractivity contribution in [2.24, 2.45) is 5.73 Å². The third-order valence-corrected chi connectivity index (χ3v) is 2.43. The Balaban J connectivity index is 0.00000128. The topological polar surface area (TPSA) is 79.1 Å².